The summed E-state index contributed by atoms with van der Waals surface area (Å²) in [6.07, 6.45) is 3.35. The van der Waals surface area contributed by atoms with Crippen LogP contribution < -0.4 is 5.56 Å². The van der Waals surface area contributed by atoms with Gasteiger partial charge in [-0.2, -0.15) is 0 Å². The first-order valence-corrected chi connectivity index (χ1v) is 4.47. The Hall–Kier alpha value is -1.05. The van der Waals surface area contributed by atoms with E-state index in [2.05, 4.69) is 11.9 Å². The molecular weight excluding hydrogens is 150 g/mol. The lowest BCUT2D eigenvalue weighted by atomic mass is 9.88. The molecule has 1 heterocycles. The van der Waals surface area contributed by atoms with Gasteiger partial charge in [-0.05, 0) is 30.7 Å². The van der Waals surface area contributed by atoms with E-state index in [1.807, 2.05) is 6.07 Å². The summed E-state index contributed by atoms with van der Waals surface area (Å²) in [4.78, 5) is 13.9. The molecule has 1 N–H and O–H groups in total. The number of H-pyrrole nitrogens is 1. The minimum atomic E-state index is 0.0308. The number of nitrogens with one attached hydrogen (secondary N) is 1. The molecule has 1 aromatic heterocycles. The van der Waals surface area contributed by atoms with Gasteiger partial charge in [-0.25, -0.2) is 0 Å². The van der Waals surface area contributed by atoms with Crippen molar-refractivity contribution >= 4 is 0 Å². The molecule has 64 valence electrons. The maximum absolute atomic E-state index is 11.0. The Labute approximate surface area is 71.6 Å². The van der Waals surface area contributed by atoms with Gasteiger partial charge in [-0.15, -0.1) is 0 Å². The van der Waals surface area contributed by atoms with Crippen molar-refractivity contribution in [1.82, 2.24) is 4.98 Å². The predicted octanol–water partition coefficient (Wildman–Crippen LogP) is 1.50. The number of hydrogen-bond acceptors (Lipinski definition) is 1. The van der Waals surface area contributed by atoms with E-state index in [1.165, 1.54) is 12.0 Å². The number of pyridine rings is 1. The molecule has 0 spiro atoms. The first kappa shape index (κ1) is 7.59. The lowest BCUT2D eigenvalue weighted by Gasteiger charge is -2.20. The third-order valence-electron chi connectivity index (χ3n) is 2.55. The molecule has 1 aliphatic carbocycles. The van der Waals surface area contributed by atoms with Gasteiger partial charge in [0.05, 0.1) is 0 Å². The summed E-state index contributed by atoms with van der Waals surface area (Å²) >= 11 is 0. The molecule has 1 aromatic rings. The molecule has 0 bridgehead atoms. The molecule has 0 fully saturated rings. The fraction of sp³-hybridized carbons (Fsp3) is 0.500. The molecular formula is C10H13NO. The first-order valence-electron chi connectivity index (χ1n) is 4.47. The van der Waals surface area contributed by atoms with Gasteiger partial charge in [0, 0.05) is 11.8 Å². The summed E-state index contributed by atoms with van der Waals surface area (Å²) in [7, 11) is 0. The number of rotatable bonds is 0. The third kappa shape index (κ3) is 1.29. The quantitative estimate of drug-likeness (QED) is 0.617. The Morgan fingerprint density at radius 2 is 2.33 bits per heavy atom. The molecule has 0 aromatic carbocycles. The standard InChI is InChI=1S/C10H13NO/c1-7-2-4-9-8(6-7)3-5-10(12)11-9/h3,5,7H,2,4,6H2,1H3,(H,11,12). The van der Waals surface area contributed by atoms with Crippen LogP contribution >= 0.6 is 0 Å². The molecule has 1 unspecified atom stereocenters. The van der Waals surface area contributed by atoms with Gasteiger partial charge in [-0.1, -0.05) is 13.0 Å². The second-order valence-electron chi connectivity index (χ2n) is 3.67. The summed E-state index contributed by atoms with van der Waals surface area (Å²) < 4.78 is 0. The Bertz CT molecular complexity index is 340. The van der Waals surface area contributed by atoms with E-state index in [1.54, 1.807) is 6.07 Å². The van der Waals surface area contributed by atoms with Crippen molar-refractivity contribution in [2.75, 3.05) is 0 Å². The van der Waals surface area contributed by atoms with E-state index in [-0.39, 0.29) is 5.56 Å². The van der Waals surface area contributed by atoms with E-state index in [4.69, 9.17) is 0 Å². The first-order chi connectivity index (χ1) is 5.75. The van der Waals surface area contributed by atoms with Crippen LogP contribution in [0.5, 0.6) is 0 Å². The van der Waals surface area contributed by atoms with E-state index in [0.717, 1.165) is 24.5 Å². The molecule has 2 rings (SSSR count). The maximum Gasteiger partial charge on any atom is 0.248 e. The van der Waals surface area contributed by atoms with E-state index >= 15 is 0 Å². The van der Waals surface area contributed by atoms with Crippen LogP contribution in [0.3, 0.4) is 0 Å². The number of hydrogen-bond donors (Lipinski definition) is 1. The normalized spacial score (nSPS) is 21.9. The molecule has 0 saturated carbocycles. The highest BCUT2D eigenvalue weighted by Gasteiger charge is 2.14. The van der Waals surface area contributed by atoms with Crippen molar-refractivity contribution in [2.24, 2.45) is 5.92 Å². The molecule has 12 heavy (non-hydrogen) atoms. The van der Waals surface area contributed by atoms with Crippen LogP contribution in [-0.2, 0) is 12.8 Å². The highest BCUT2D eigenvalue weighted by atomic mass is 16.1. The molecule has 1 atom stereocenters. The zero-order valence-electron chi connectivity index (χ0n) is 7.26. The van der Waals surface area contributed by atoms with Crippen molar-refractivity contribution in [3.05, 3.63) is 33.7 Å². The van der Waals surface area contributed by atoms with Crippen LogP contribution in [0.1, 0.15) is 24.6 Å². The van der Waals surface area contributed by atoms with E-state index < -0.39 is 0 Å². The maximum atomic E-state index is 11.0. The average Bonchev–Trinajstić information content (AvgIpc) is 2.05. The Balaban J connectivity index is 2.43. The monoisotopic (exact) mass is 163 g/mol. The highest BCUT2D eigenvalue weighted by Crippen LogP contribution is 2.21. The fourth-order valence-corrected chi connectivity index (χ4v) is 1.83. The lowest BCUT2D eigenvalue weighted by Crippen LogP contribution is -2.17. The van der Waals surface area contributed by atoms with E-state index in [9.17, 15) is 4.79 Å². The van der Waals surface area contributed by atoms with Crippen LogP contribution in [0, 0.1) is 5.92 Å². The van der Waals surface area contributed by atoms with Gasteiger partial charge in [0.1, 0.15) is 0 Å². The Kier molecular flexibility index (Phi) is 1.75. The molecule has 0 amide bonds. The van der Waals surface area contributed by atoms with Gasteiger partial charge >= 0.3 is 0 Å². The number of fused-ring (bicyclic) bond motifs is 1. The summed E-state index contributed by atoms with van der Waals surface area (Å²) in [5.74, 6) is 0.767. The smallest absolute Gasteiger partial charge is 0.248 e. The Morgan fingerprint density at radius 1 is 1.50 bits per heavy atom. The summed E-state index contributed by atoms with van der Waals surface area (Å²) in [5.41, 5.74) is 2.51. The largest absolute Gasteiger partial charge is 0.326 e. The molecule has 1 aliphatic rings. The minimum Gasteiger partial charge on any atom is -0.326 e. The summed E-state index contributed by atoms with van der Waals surface area (Å²) in [5, 5.41) is 0. The van der Waals surface area contributed by atoms with Gasteiger partial charge in [0.25, 0.3) is 0 Å². The van der Waals surface area contributed by atoms with Crippen molar-refractivity contribution in [3.8, 4) is 0 Å². The number of aryl methyl sites for hydroxylation is 1. The van der Waals surface area contributed by atoms with Gasteiger partial charge in [0.2, 0.25) is 5.56 Å². The van der Waals surface area contributed by atoms with Crippen molar-refractivity contribution < 1.29 is 0 Å². The number of aromatic amines is 1. The molecule has 2 nitrogen and oxygen atoms in total. The second kappa shape index (κ2) is 2.77. The summed E-state index contributed by atoms with van der Waals surface area (Å²) in [6, 6.07) is 3.58. The molecule has 0 radical (unpaired) electrons. The van der Waals surface area contributed by atoms with Crippen molar-refractivity contribution in [3.63, 3.8) is 0 Å². The minimum absolute atomic E-state index is 0.0308. The fourth-order valence-electron chi connectivity index (χ4n) is 1.83. The van der Waals surface area contributed by atoms with Gasteiger partial charge in [0.15, 0.2) is 0 Å². The van der Waals surface area contributed by atoms with Crippen LogP contribution in [0.4, 0.5) is 0 Å². The van der Waals surface area contributed by atoms with Crippen molar-refractivity contribution in [1.29, 1.82) is 0 Å². The van der Waals surface area contributed by atoms with Crippen LogP contribution in [-0.4, -0.2) is 4.98 Å². The van der Waals surface area contributed by atoms with Crippen LogP contribution in [0.15, 0.2) is 16.9 Å². The summed E-state index contributed by atoms with van der Waals surface area (Å²) in [6.45, 7) is 2.26. The topological polar surface area (TPSA) is 32.9 Å². The second-order valence-corrected chi connectivity index (χ2v) is 3.67. The molecule has 2 heteroatoms. The van der Waals surface area contributed by atoms with Crippen LogP contribution in [0.25, 0.3) is 0 Å². The number of aromatic nitrogens is 1. The lowest BCUT2D eigenvalue weighted by molar-refractivity contribution is 0.493. The predicted molar refractivity (Wildman–Crippen MR) is 48.3 cm³/mol. The average molecular weight is 163 g/mol. The Morgan fingerprint density at radius 3 is 3.17 bits per heavy atom. The highest BCUT2D eigenvalue weighted by molar-refractivity contribution is 5.22. The van der Waals surface area contributed by atoms with Crippen molar-refractivity contribution in [2.45, 2.75) is 26.2 Å². The zero-order valence-corrected chi connectivity index (χ0v) is 7.26. The zero-order chi connectivity index (χ0) is 8.55. The molecule has 0 aliphatic heterocycles. The van der Waals surface area contributed by atoms with Gasteiger partial charge < -0.3 is 4.98 Å². The molecule has 0 saturated heterocycles. The van der Waals surface area contributed by atoms with Crippen LogP contribution in [0.2, 0.25) is 0 Å². The third-order valence-corrected chi connectivity index (χ3v) is 2.55. The van der Waals surface area contributed by atoms with E-state index in [0.29, 0.717) is 0 Å². The van der Waals surface area contributed by atoms with Gasteiger partial charge in [-0.3, -0.25) is 4.79 Å². The SMILES string of the molecule is CC1CCc2[nH]c(=O)ccc2C1.